The predicted octanol–water partition coefficient (Wildman–Crippen LogP) is 3.49. The lowest BCUT2D eigenvalue weighted by atomic mass is 9.95. The van der Waals surface area contributed by atoms with Crippen molar-refractivity contribution in [1.82, 2.24) is 0 Å². The van der Waals surface area contributed by atoms with Crippen LogP contribution in [0, 0.1) is 5.92 Å². The molecule has 19 heavy (non-hydrogen) atoms. The van der Waals surface area contributed by atoms with Crippen LogP contribution in [0.3, 0.4) is 0 Å². The first-order valence-corrected chi connectivity index (χ1v) is 6.98. The van der Waals surface area contributed by atoms with Crippen molar-refractivity contribution >= 4 is 17.6 Å². The maximum Gasteiger partial charge on any atom is 0.311 e. The largest absolute Gasteiger partial charge is 0.466 e. The van der Waals surface area contributed by atoms with Gasteiger partial charge in [0.15, 0.2) is 0 Å². The van der Waals surface area contributed by atoms with Crippen LogP contribution in [0.5, 0.6) is 0 Å². The molecular formula is C15H21ClO3. The fourth-order valence-corrected chi connectivity index (χ4v) is 2.07. The van der Waals surface area contributed by atoms with Crippen molar-refractivity contribution in [2.75, 3.05) is 13.2 Å². The highest BCUT2D eigenvalue weighted by Gasteiger charge is 2.27. The Kier molecular flexibility index (Phi) is 6.89. The first kappa shape index (κ1) is 16.0. The summed E-state index contributed by atoms with van der Waals surface area (Å²) in [4.78, 5) is 12.0. The van der Waals surface area contributed by atoms with Crippen molar-refractivity contribution in [3.05, 3.63) is 34.9 Å². The second-order valence-electron chi connectivity index (χ2n) is 4.35. The lowest BCUT2D eigenvalue weighted by molar-refractivity contribution is -0.153. The first-order chi connectivity index (χ1) is 9.08. The van der Waals surface area contributed by atoms with Crippen LogP contribution in [-0.4, -0.2) is 25.3 Å². The number of carbonyl (C=O) groups excluding carboxylic acids is 1. The monoisotopic (exact) mass is 284 g/mol. The maximum atomic E-state index is 12.0. The molecule has 2 atom stereocenters. The zero-order valence-corrected chi connectivity index (χ0v) is 12.4. The van der Waals surface area contributed by atoms with Gasteiger partial charge in [0.2, 0.25) is 0 Å². The quantitative estimate of drug-likeness (QED) is 0.719. The normalized spacial score (nSPS) is 13.9. The molecule has 0 spiro atoms. The molecule has 0 fully saturated rings. The molecule has 0 radical (unpaired) electrons. The van der Waals surface area contributed by atoms with E-state index in [0.717, 1.165) is 5.56 Å². The standard InChI is InChI=1S/C15H21ClO3/c1-4-18-11(3)14(15(17)19-5-2)10-12-6-8-13(16)9-7-12/h6-9,11,14H,4-5,10H2,1-3H3. The molecular weight excluding hydrogens is 264 g/mol. The third kappa shape index (κ3) is 5.21. The SMILES string of the molecule is CCOC(=O)C(Cc1ccc(Cl)cc1)C(C)OCC. The third-order valence-corrected chi connectivity index (χ3v) is 3.21. The lowest BCUT2D eigenvalue weighted by Gasteiger charge is -2.22. The first-order valence-electron chi connectivity index (χ1n) is 6.61. The minimum absolute atomic E-state index is 0.167. The van der Waals surface area contributed by atoms with Gasteiger partial charge in [-0.25, -0.2) is 0 Å². The van der Waals surface area contributed by atoms with Crippen molar-refractivity contribution in [2.24, 2.45) is 5.92 Å². The molecule has 1 rings (SSSR count). The minimum Gasteiger partial charge on any atom is -0.466 e. The molecule has 0 heterocycles. The van der Waals surface area contributed by atoms with E-state index in [1.165, 1.54) is 0 Å². The molecule has 0 N–H and O–H groups in total. The molecule has 0 aliphatic heterocycles. The minimum atomic E-state index is -0.291. The van der Waals surface area contributed by atoms with Crippen LogP contribution in [0.15, 0.2) is 24.3 Å². The highest BCUT2D eigenvalue weighted by atomic mass is 35.5. The number of benzene rings is 1. The highest BCUT2D eigenvalue weighted by molar-refractivity contribution is 6.30. The number of esters is 1. The van der Waals surface area contributed by atoms with E-state index in [2.05, 4.69) is 0 Å². The number of hydrogen-bond acceptors (Lipinski definition) is 3. The number of hydrogen-bond donors (Lipinski definition) is 0. The number of ether oxygens (including phenoxy) is 2. The van der Waals surface area contributed by atoms with E-state index in [-0.39, 0.29) is 18.0 Å². The smallest absolute Gasteiger partial charge is 0.311 e. The molecule has 0 aromatic heterocycles. The summed E-state index contributed by atoms with van der Waals surface area (Å²) in [6.45, 7) is 6.59. The predicted molar refractivity (Wildman–Crippen MR) is 76.4 cm³/mol. The van der Waals surface area contributed by atoms with Gasteiger partial charge in [0.1, 0.15) is 0 Å². The summed E-state index contributed by atoms with van der Waals surface area (Å²) in [5.74, 6) is -0.500. The van der Waals surface area contributed by atoms with Crippen LogP contribution in [0.4, 0.5) is 0 Å². The molecule has 0 bridgehead atoms. The zero-order valence-electron chi connectivity index (χ0n) is 11.7. The Morgan fingerprint density at radius 3 is 2.37 bits per heavy atom. The van der Waals surface area contributed by atoms with E-state index in [4.69, 9.17) is 21.1 Å². The summed E-state index contributed by atoms with van der Waals surface area (Å²) < 4.78 is 10.7. The Morgan fingerprint density at radius 2 is 1.84 bits per heavy atom. The third-order valence-electron chi connectivity index (χ3n) is 2.95. The Bertz CT molecular complexity index is 389. The van der Waals surface area contributed by atoms with Crippen molar-refractivity contribution in [3.8, 4) is 0 Å². The van der Waals surface area contributed by atoms with E-state index < -0.39 is 0 Å². The van der Waals surface area contributed by atoms with E-state index in [1.807, 2.05) is 45.0 Å². The van der Waals surface area contributed by atoms with Gasteiger partial charge in [-0.2, -0.15) is 0 Å². The van der Waals surface area contributed by atoms with Crippen LogP contribution >= 0.6 is 11.6 Å². The van der Waals surface area contributed by atoms with Gasteiger partial charge in [-0.05, 0) is 44.9 Å². The lowest BCUT2D eigenvalue weighted by Crippen LogP contribution is -2.32. The van der Waals surface area contributed by atoms with Crippen molar-refractivity contribution in [2.45, 2.75) is 33.3 Å². The van der Waals surface area contributed by atoms with Crippen LogP contribution in [-0.2, 0) is 20.7 Å². The molecule has 106 valence electrons. The van der Waals surface area contributed by atoms with Gasteiger partial charge in [0.05, 0.1) is 18.6 Å². The van der Waals surface area contributed by atoms with Crippen molar-refractivity contribution in [1.29, 1.82) is 0 Å². The molecule has 1 aromatic carbocycles. The molecule has 0 aliphatic rings. The highest BCUT2D eigenvalue weighted by Crippen LogP contribution is 2.19. The van der Waals surface area contributed by atoms with E-state index in [9.17, 15) is 4.79 Å². The Balaban J connectivity index is 2.78. The van der Waals surface area contributed by atoms with Gasteiger partial charge < -0.3 is 9.47 Å². The van der Waals surface area contributed by atoms with Gasteiger partial charge in [-0.3, -0.25) is 4.79 Å². The molecule has 0 aliphatic carbocycles. The molecule has 0 saturated carbocycles. The second kappa shape index (κ2) is 8.18. The number of rotatable bonds is 7. The molecule has 0 saturated heterocycles. The van der Waals surface area contributed by atoms with Crippen LogP contribution in [0.2, 0.25) is 5.02 Å². The summed E-state index contributed by atoms with van der Waals surface area (Å²) >= 11 is 5.86. The number of carbonyl (C=O) groups is 1. The van der Waals surface area contributed by atoms with Crippen LogP contribution in [0.1, 0.15) is 26.3 Å². The maximum absolute atomic E-state index is 12.0. The van der Waals surface area contributed by atoms with E-state index >= 15 is 0 Å². The van der Waals surface area contributed by atoms with Gasteiger partial charge in [-0.15, -0.1) is 0 Å². The fraction of sp³-hybridized carbons (Fsp3) is 0.533. The summed E-state index contributed by atoms with van der Waals surface area (Å²) in [5, 5.41) is 0.689. The molecule has 0 amide bonds. The van der Waals surface area contributed by atoms with Crippen LogP contribution < -0.4 is 0 Å². The molecule has 1 aromatic rings. The van der Waals surface area contributed by atoms with Gasteiger partial charge >= 0.3 is 5.97 Å². The topological polar surface area (TPSA) is 35.5 Å². The van der Waals surface area contributed by atoms with Gasteiger partial charge in [0, 0.05) is 11.6 Å². The number of halogens is 1. The second-order valence-corrected chi connectivity index (χ2v) is 4.79. The molecule has 4 heteroatoms. The fourth-order valence-electron chi connectivity index (χ4n) is 1.94. The van der Waals surface area contributed by atoms with Gasteiger partial charge in [-0.1, -0.05) is 23.7 Å². The zero-order chi connectivity index (χ0) is 14.3. The molecule has 2 unspecified atom stereocenters. The van der Waals surface area contributed by atoms with E-state index in [1.54, 1.807) is 0 Å². The molecule has 3 nitrogen and oxygen atoms in total. The van der Waals surface area contributed by atoms with E-state index in [0.29, 0.717) is 24.7 Å². The average molecular weight is 285 g/mol. The summed E-state index contributed by atoms with van der Waals surface area (Å²) in [7, 11) is 0. The van der Waals surface area contributed by atoms with Crippen molar-refractivity contribution in [3.63, 3.8) is 0 Å². The Morgan fingerprint density at radius 1 is 1.21 bits per heavy atom. The summed E-state index contributed by atoms with van der Waals surface area (Å²) in [5.41, 5.74) is 1.05. The Labute approximate surface area is 119 Å². The summed E-state index contributed by atoms with van der Waals surface area (Å²) in [6.07, 6.45) is 0.427. The van der Waals surface area contributed by atoms with Crippen molar-refractivity contribution < 1.29 is 14.3 Å². The van der Waals surface area contributed by atoms with Crippen LogP contribution in [0.25, 0.3) is 0 Å². The summed E-state index contributed by atoms with van der Waals surface area (Å²) in [6, 6.07) is 7.50. The average Bonchev–Trinajstić information content (AvgIpc) is 2.38. The Hall–Kier alpha value is -1.06. The van der Waals surface area contributed by atoms with Gasteiger partial charge in [0.25, 0.3) is 0 Å².